The number of nitrogens with zero attached hydrogens (tertiary/aromatic N) is 2. The highest BCUT2D eigenvalue weighted by atomic mass is 32.2. The quantitative estimate of drug-likeness (QED) is 0.317. The van der Waals surface area contributed by atoms with Gasteiger partial charge in [-0.3, -0.25) is 0 Å². The van der Waals surface area contributed by atoms with Gasteiger partial charge < -0.3 is 10.3 Å². The molecule has 5 rings (SSSR count). The summed E-state index contributed by atoms with van der Waals surface area (Å²) in [4.78, 5) is 6.52. The molecular formula is C24H19N3O3S2. The van der Waals surface area contributed by atoms with Crippen molar-refractivity contribution in [1.82, 2.24) is 4.98 Å². The SMILES string of the molecule is Nc1c(-c2ccccc2)sc2nc(-c3ccccc3)cc[n+]12.O=S(=O)([O-])c1ccccc1. The summed E-state index contributed by atoms with van der Waals surface area (Å²) in [5, 5.41) is 0. The highest BCUT2D eigenvalue weighted by molar-refractivity contribution is 7.85. The lowest BCUT2D eigenvalue weighted by Crippen LogP contribution is -2.23. The maximum Gasteiger partial charge on any atom is 0.326 e. The van der Waals surface area contributed by atoms with Crippen LogP contribution in [0.1, 0.15) is 0 Å². The second-order valence-corrected chi connectivity index (χ2v) is 9.14. The fraction of sp³-hybridized carbons (Fsp3) is 0. The van der Waals surface area contributed by atoms with Gasteiger partial charge in [0.1, 0.15) is 20.7 Å². The Hall–Kier alpha value is -3.59. The van der Waals surface area contributed by atoms with Gasteiger partial charge in [0.2, 0.25) is 5.82 Å². The molecule has 0 amide bonds. The second kappa shape index (κ2) is 9.27. The van der Waals surface area contributed by atoms with Crippen LogP contribution in [0.15, 0.2) is 108 Å². The predicted octanol–water partition coefficient (Wildman–Crippen LogP) is 4.39. The Kier molecular flexibility index (Phi) is 6.27. The molecule has 0 atom stereocenters. The zero-order valence-electron chi connectivity index (χ0n) is 16.8. The lowest BCUT2D eigenvalue weighted by atomic mass is 10.1. The van der Waals surface area contributed by atoms with Crippen molar-refractivity contribution in [1.29, 1.82) is 0 Å². The minimum absolute atomic E-state index is 0.185. The summed E-state index contributed by atoms with van der Waals surface area (Å²) in [6.45, 7) is 0. The van der Waals surface area contributed by atoms with Crippen LogP contribution in [0.4, 0.5) is 5.82 Å². The summed E-state index contributed by atoms with van der Waals surface area (Å²) in [7, 11) is -4.25. The summed E-state index contributed by atoms with van der Waals surface area (Å²) in [6.07, 6.45) is 1.99. The number of nitrogen functional groups attached to an aromatic ring is 1. The maximum atomic E-state index is 10.3. The van der Waals surface area contributed by atoms with Crippen molar-refractivity contribution in [3.05, 3.63) is 103 Å². The normalized spacial score (nSPS) is 11.0. The topological polar surface area (TPSA) is 100 Å². The van der Waals surface area contributed by atoms with Gasteiger partial charge in [-0.25, -0.2) is 8.42 Å². The molecule has 32 heavy (non-hydrogen) atoms. The molecule has 0 aliphatic rings. The minimum atomic E-state index is -4.25. The Labute approximate surface area is 190 Å². The van der Waals surface area contributed by atoms with Gasteiger partial charge in [0.25, 0.3) is 0 Å². The predicted molar refractivity (Wildman–Crippen MR) is 125 cm³/mol. The molecule has 2 heterocycles. The maximum absolute atomic E-state index is 10.3. The Morgan fingerprint density at radius 2 is 1.31 bits per heavy atom. The number of benzene rings is 3. The highest BCUT2D eigenvalue weighted by Gasteiger charge is 2.18. The zero-order valence-corrected chi connectivity index (χ0v) is 18.5. The average molecular weight is 462 g/mol. The molecule has 0 aliphatic carbocycles. The molecule has 0 fully saturated rings. The average Bonchev–Trinajstić information content (AvgIpc) is 3.16. The summed E-state index contributed by atoms with van der Waals surface area (Å²) in [6, 6.07) is 29.5. The van der Waals surface area contributed by atoms with Crippen molar-refractivity contribution in [2.45, 2.75) is 4.90 Å². The van der Waals surface area contributed by atoms with E-state index in [9.17, 15) is 13.0 Å². The molecule has 2 aromatic heterocycles. The van der Waals surface area contributed by atoms with E-state index in [0.29, 0.717) is 0 Å². The Morgan fingerprint density at radius 3 is 1.84 bits per heavy atom. The van der Waals surface area contributed by atoms with E-state index in [1.807, 2.05) is 53.1 Å². The number of hydrogen-bond acceptors (Lipinski definition) is 6. The van der Waals surface area contributed by atoms with Crippen molar-refractivity contribution >= 4 is 32.2 Å². The number of anilines is 1. The van der Waals surface area contributed by atoms with Gasteiger partial charge >= 0.3 is 4.96 Å². The van der Waals surface area contributed by atoms with Gasteiger partial charge in [-0.2, -0.15) is 4.40 Å². The van der Waals surface area contributed by atoms with Crippen LogP contribution in [-0.2, 0) is 10.1 Å². The van der Waals surface area contributed by atoms with Crippen LogP contribution in [0, 0.1) is 0 Å². The Morgan fingerprint density at radius 1 is 0.781 bits per heavy atom. The van der Waals surface area contributed by atoms with E-state index in [-0.39, 0.29) is 4.90 Å². The third-order valence-corrected chi connectivity index (χ3v) is 6.60. The molecule has 160 valence electrons. The van der Waals surface area contributed by atoms with Crippen LogP contribution < -0.4 is 10.1 Å². The van der Waals surface area contributed by atoms with Gasteiger partial charge in [0.15, 0.2) is 0 Å². The van der Waals surface area contributed by atoms with Crippen molar-refractivity contribution in [3.8, 4) is 21.7 Å². The largest absolute Gasteiger partial charge is 0.744 e. The number of aromatic nitrogens is 2. The van der Waals surface area contributed by atoms with Crippen molar-refractivity contribution in [3.63, 3.8) is 0 Å². The molecule has 3 aromatic carbocycles. The molecule has 0 radical (unpaired) electrons. The second-order valence-electron chi connectivity index (χ2n) is 6.78. The molecule has 8 heteroatoms. The van der Waals surface area contributed by atoms with Gasteiger partial charge in [-0.1, -0.05) is 95.2 Å². The van der Waals surface area contributed by atoms with Crippen LogP contribution in [0.5, 0.6) is 0 Å². The molecule has 2 N–H and O–H groups in total. The first-order chi connectivity index (χ1) is 15.4. The first kappa shape index (κ1) is 21.6. The standard InChI is InChI=1S/C18H14N3S.C6H6O3S/c19-17-16(14-9-5-2-6-10-14)22-18-20-15(11-12-21(17)18)13-7-3-1-4-8-13;7-10(8,9)6-4-2-1-3-5-6/h1-12H,19H2;1-5H,(H,7,8,9)/q+1;/p-1. The van der Waals surface area contributed by atoms with E-state index in [1.54, 1.807) is 17.4 Å². The van der Waals surface area contributed by atoms with E-state index in [1.165, 1.54) is 24.3 Å². The number of nitrogens with two attached hydrogens (primary N) is 1. The van der Waals surface area contributed by atoms with E-state index in [4.69, 9.17) is 10.7 Å². The zero-order chi connectivity index (χ0) is 22.6. The molecule has 0 bridgehead atoms. The number of thiazole rings is 1. The van der Waals surface area contributed by atoms with Crippen molar-refractivity contribution < 1.29 is 17.4 Å². The van der Waals surface area contributed by atoms with Crippen molar-refractivity contribution in [2.75, 3.05) is 5.73 Å². The number of fused-ring (bicyclic) bond motifs is 1. The lowest BCUT2D eigenvalue weighted by Gasteiger charge is -2.04. The van der Waals surface area contributed by atoms with E-state index >= 15 is 0 Å². The smallest absolute Gasteiger partial charge is 0.326 e. The molecule has 5 aromatic rings. The van der Waals surface area contributed by atoms with E-state index in [0.717, 1.165) is 32.5 Å². The van der Waals surface area contributed by atoms with Gasteiger partial charge in [-0.15, -0.1) is 0 Å². The summed E-state index contributed by atoms with van der Waals surface area (Å²) in [5.41, 5.74) is 9.48. The number of hydrogen-bond donors (Lipinski definition) is 1. The summed E-state index contributed by atoms with van der Waals surface area (Å²) >= 11 is 1.61. The molecule has 0 unspecified atom stereocenters. The molecule has 0 saturated carbocycles. The fourth-order valence-corrected chi connectivity index (χ4v) is 4.60. The number of rotatable bonds is 3. The molecule has 0 saturated heterocycles. The van der Waals surface area contributed by atoms with Crippen molar-refractivity contribution in [2.24, 2.45) is 0 Å². The monoisotopic (exact) mass is 461 g/mol. The van der Waals surface area contributed by atoms with Crippen LogP contribution in [0.3, 0.4) is 0 Å². The van der Waals surface area contributed by atoms with Crippen LogP contribution >= 0.6 is 11.3 Å². The molecular weight excluding hydrogens is 442 g/mol. The Bertz CT molecular complexity index is 1440. The molecule has 0 spiro atoms. The van der Waals surface area contributed by atoms with Gasteiger partial charge in [0.05, 0.1) is 11.1 Å². The first-order valence-corrected chi connectivity index (χ1v) is 11.9. The Balaban J connectivity index is 0.000000207. The fourth-order valence-electron chi connectivity index (χ4n) is 3.06. The summed E-state index contributed by atoms with van der Waals surface area (Å²) < 4.78 is 32.8. The van der Waals surface area contributed by atoms with Crippen LogP contribution in [0.2, 0.25) is 0 Å². The van der Waals surface area contributed by atoms with Gasteiger partial charge in [-0.05, 0) is 17.7 Å². The molecule has 0 aliphatic heterocycles. The first-order valence-electron chi connectivity index (χ1n) is 9.66. The van der Waals surface area contributed by atoms with E-state index in [2.05, 4.69) is 24.3 Å². The third-order valence-electron chi connectivity index (χ3n) is 4.63. The molecule has 6 nitrogen and oxygen atoms in total. The van der Waals surface area contributed by atoms with Crippen LogP contribution in [-0.4, -0.2) is 18.0 Å². The highest BCUT2D eigenvalue weighted by Crippen LogP contribution is 2.31. The third kappa shape index (κ3) is 4.83. The minimum Gasteiger partial charge on any atom is -0.744 e. The lowest BCUT2D eigenvalue weighted by molar-refractivity contribution is -0.493. The summed E-state index contributed by atoms with van der Waals surface area (Å²) in [5.74, 6) is 0.735. The van der Waals surface area contributed by atoms with Crippen LogP contribution in [0.25, 0.3) is 26.7 Å². The van der Waals surface area contributed by atoms with Gasteiger partial charge in [0, 0.05) is 11.6 Å². The van der Waals surface area contributed by atoms with E-state index < -0.39 is 10.1 Å².